The molecule has 0 fully saturated rings. The maximum Gasteiger partial charge on any atom is 0.169 e. The second kappa shape index (κ2) is 4.60. The van der Waals surface area contributed by atoms with Gasteiger partial charge in [-0.25, -0.2) is 0 Å². The predicted molar refractivity (Wildman–Crippen MR) is 83.6 cm³/mol. The number of carbonyl (C=O) groups excluding carboxylic acids is 1. The van der Waals surface area contributed by atoms with Crippen LogP contribution >= 0.6 is 0 Å². The molecule has 1 N–H and O–H groups in total. The molecule has 2 aromatic carbocycles. The Morgan fingerprint density at radius 1 is 1.05 bits per heavy atom. The Morgan fingerprint density at radius 2 is 1.86 bits per heavy atom. The van der Waals surface area contributed by atoms with E-state index in [-0.39, 0.29) is 16.9 Å². The lowest BCUT2D eigenvalue weighted by molar-refractivity contribution is 0.0771. The van der Waals surface area contributed by atoms with Crippen molar-refractivity contribution < 1.29 is 14.6 Å². The first-order valence-corrected chi connectivity index (χ1v) is 7.64. The first-order chi connectivity index (χ1) is 10.6. The molecule has 0 radical (unpaired) electrons. The molecule has 1 atom stereocenters. The highest BCUT2D eigenvalue weighted by Crippen LogP contribution is 2.47. The van der Waals surface area contributed by atoms with E-state index in [0.717, 1.165) is 48.1 Å². The second-order valence-electron chi connectivity index (χ2n) is 6.44. The average Bonchev–Trinajstić information content (AvgIpc) is 2.89. The lowest BCUT2D eigenvalue weighted by Gasteiger charge is -2.33. The minimum Gasteiger partial charge on any atom is -0.508 e. The quantitative estimate of drug-likeness (QED) is 0.877. The number of methoxy groups -OCH3 is 1. The number of benzene rings is 2. The van der Waals surface area contributed by atoms with Crippen molar-refractivity contribution in [2.24, 2.45) is 5.41 Å². The van der Waals surface area contributed by atoms with Gasteiger partial charge in [0.1, 0.15) is 11.5 Å². The van der Waals surface area contributed by atoms with Gasteiger partial charge in [-0.15, -0.1) is 0 Å². The number of aryl methyl sites for hydroxylation is 1. The molecule has 1 spiro atoms. The summed E-state index contributed by atoms with van der Waals surface area (Å²) in [7, 11) is 1.65. The van der Waals surface area contributed by atoms with Crippen molar-refractivity contribution >= 4 is 5.78 Å². The average molecular weight is 294 g/mol. The van der Waals surface area contributed by atoms with Gasteiger partial charge in [-0.1, -0.05) is 6.07 Å². The normalized spacial score (nSPS) is 22.5. The summed E-state index contributed by atoms with van der Waals surface area (Å²) in [6.45, 7) is 0. The van der Waals surface area contributed by atoms with Gasteiger partial charge in [0, 0.05) is 11.0 Å². The second-order valence-corrected chi connectivity index (χ2v) is 6.44. The number of phenols is 1. The van der Waals surface area contributed by atoms with E-state index in [1.165, 1.54) is 5.56 Å². The van der Waals surface area contributed by atoms with Crippen molar-refractivity contribution in [3.05, 3.63) is 58.7 Å². The van der Waals surface area contributed by atoms with E-state index >= 15 is 0 Å². The Bertz CT molecular complexity index is 778. The molecule has 0 saturated heterocycles. The highest BCUT2D eigenvalue weighted by molar-refractivity contribution is 6.03. The number of Topliss-reactive ketones (excluding diaryl/α,β-unsaturated/α-hetero) is 1. The summed E-state index contributed by atoms with van der Waals surface area (Å²) in [4.78, 5) is 13.1. The SMILES string of the molecule is COc1ccc2c(c1)CCC1(Cc3ccc(O)cc3C1)C2=O. The Balaban J connectivity index is 1.73. The topological polar surface area (TPSA) is 46.5 Å². The molecule has 4 rings (SSSR count). The number of ketones is 1. The van der Waals surface area contributed by atoms with Crippen molar-refractivity contribution in [2.75, 3.05) is 7.11 Å². The molecule has 22 heavy (non-hydrogen) atoms. The molecule has 2 aliphatic rings. The molecule has 0 heterocycles. The van der Waals surface area contributed by atoms with Crippen LogP contribution in [0.1, 0.15) is 33.5 Å². The van der Waals surface area contributed by atoms with Crippen LogP contribution in [-0.2, 0) is 19.3 Å². The molecule has 2 aliphatic carbocycles. The number of phenolic OH excluding ortho intramolecular Hbond substituents is 1. The third-order valence-corrected chi connectivity index (χ3v) is 5.16. The highest BCUT2D eigenvalue weighted by Gasteiger charge is 2.46. The van der Waals surface area contributed by atoms with Crippen LogP contribution in [0, 0.1) is 5.41 Å². The first-order valence-electron chi connectivity index (χ1n) is 7.64. The van der Waals surface area contributed by atoms with Crippen molar-refractivity contribution in [1.82, 2.24) is 0 Å². The Morgan fingerprint density at radius 3 is 2.68 bits per heavy atom. The number of hydrogen-bond donors (Lipinski definition) is 1. The number of hydrogen-bond acceptors (Lipinski definition) is 3. The Labute approximate surface area is 129 Å². The van der Waals surface area contributed by atoms with E-state index in [4.69, 9.17) is 4.74 Å². The molecule has 1 unspecified atom stereocenters. The van der Waals surface area contributed by atoms with E-state index in [1.54, 1.807) is 19.2 Å². The van der Waals surface area contributed by atoms with Gasteiger partial charge >= 0.3 is 0 Å². The summed E-state index contributed by atoms with van der Waals surface area (Å²) >= 11 is 0. The standard InChI is InChI=1S/C19H18O3/c1-22-16-4-5-17-12(9-16)6-7-19(18(17)21)10-13-2-3-15(20)8-14(13)11-19/h2-5,8-9,20H,6-7,10-11H2,1H3. The van der Waals surface area contributed by atoms with Crippen LogP contribution in [0.4, 0.5) is 0 Å². The third kappa shape index (κ3) is 1.85. The van der Waals surface area contributed by atoms with Gasteiger partial charge in [0.15, 0.2) is 5.78 Å². The number of aromatic hydroxyl groups is 1. The summed E-state index contributed by atoms with van der Waals surface area (Å²) in [5.74, 6) is 1.33. The van der Waals surface area contributed by atoms with E-state index in [9.17, 15) is 9.90 Å². The summed E-state index contributed by atoms with van der Waals surface area (Å²) in [5.41, 5.74) is 3.92. The predicted octanol–water partition coefficient (Wildman–Crippen LogP) is 3.31. The fourth-order valence-electron chi connectivity index (χ4n) is 3.98. The van der Waals surface area contributed by atoms with E-state index in [1.807, 2.05) is 24.3 Å². The summed E-state index contributed by atoms with van der Waals surface area (Å²) < 4.78 is 5.26. The van der Waals surface area contributed by atoms with Crippen LogP contribution in [0.25, 0.3) is 0 Å². The summed E-state index contributed by atoms with van der Waals surface area (Å²) in [6, 6.07) is 11.2. The fourth-order valence-corrected chi connectivity index (χ4v) is 3.98. The van der Waals surface area contributed by atoms with Gasteiger partial charge in [0.05, 0.1) is 7.11 Å². The zero-order chi connectivity index (χ0) is 15.3. The van der Waals surface area contributed by atoms with Crippen molar-refractivity contribution in [3.8, 4) is 11.5 Å². The van der Waals surface area contributed by atoms with Crippen LogP contribution < -0.4 is 4.74 Å². The number of fused-ring (bicyclic) bond motifs is 2. The van der Waals surface area contributed by atoms with Crippen LogP contribution in [0.3, 0.4) is 0 Å². The minimum atomic E-state index is -0.322. The van der Waals surface area contributed by atoms with E-state index < -0.39 is 0 Å². The molecular formula is C19H18O3. The molecule has 0 amide bonds. The number of rotatable bonds is 1. The Hall–Kier alpha value is -2.29. The molecule has 0 saturated carbocycles. The summed E-state index contributed by atoms with van der Waals surface area (Å²) in [5, 5.41) is 9.67. The minimum absolute atomic E-state index is 0.243. The van der Waals surface area contributed by atoms with E-state index in [2.05, 4.69) is 0 Å². The number of ether oxygens (including phenoxy) is 1. The van der Waals surface area contributed by atoms with Crippen LogP contribution in [0.5, 0.6) is 11.5 Å². The molecular weight excluding hydrogens is 276 g/mol. The fraction of sp³-hybridized carbons (Fsp3) is 0.316. The van der Waals surface area contributed by atoms with Gasteiger partial charge in [0.2, 0.25) is 0 Å². The first kappa shape index (κ1) is 13.4. The van der Waals surface area contributed by atoms with Crippen molar-refractivity contribution in [3.63, 3.8) is 0 Å². The molecule has 2 aromatic rings. The molecule has 112 valence electrons. The van der Waals surface area contributed by atoms with Crippen LogP contribution in [0.15, 0.2) is 36.4 Å². The van der Waals surface area contributed by atoms with Gasteiger partial charge in [-0.3, -0.25) is 4.79 Å². The highest BCUT2D eigenvalue weighted by atomic mass is 16.5. The smallest absolute Gasteiger partial charge is 0.169 e. The van der Waals surface area contributed by atoms with Crippen molar-refractivity contribution in [1.29, 1.82) is 0 Å². The molecule has 0 aromatic heterocycles. The Kier molecular flexibility index (Phi) is 2.80. The van der Waals surface area contributed by atoms with E-state index in [0.29, 0.717) is 0 Å². The van der Waals surface area contributed by atoms with Gasteiger partial charge < -0.3 is 9.84 Å². The molecule has 0 aliphatic heterocycles. The van der Waals surface area contributed by atoms with Gasteiger partial charge in [-0.05, 0) is 72.7 Å². The lowest BCUT2D eigenvalue weighted by atomic mass is 9.68. The zero-order valence-corrected chi connectivity index (χ0v) is 12.6. The molecule has 0 bridgehead atoms. The summed E-state index contributed by atoms with van der Waals surface area (Å²) in [6.07, 6.45) is 3.29. The van der Waals surface area contributed by atoms with Gasteiger partial charge in [-0.2, -0.15) is 0 Å². The third-order valence-electron chi connectivity index (χ3n) is 5.16. The number of carbonyl (C=O) groups is 1. The van der Waals surface area contributed by atoms with Gasteiger partial charge in [0.25, 0.3) is 0 Å². The molecule has 3 nitrogen and oxygen atoms in total. The van der Waals surface area contributed by atoms with Crippen molar-refractivity contribution in [2.45, 2.75) is 25.7 Å². The monoisotopic (exact) mass is 294 g/mol. The lowest BCUT2D eigenvalue weighted by Crippen LogP contribution is -2.36. The van der Waals surface area contributed by atoms with Crippen LogP contribution in [0.2, 0.25) is 0 Å². The maximum atomic E-state index is 13.1. The van der Waals surface area contributed by atoms with Crippen LogP contribution in [-0.4, -0.2) is 18.0 Å². The largest absolute Gasteiger partial charge is 0.508 e. The zero-order valence-electron chi connectivity index (χ0n) is 12.6. The molecule has 3 heteroatoms. The maximum absolute atomic E-state index is 13.1.